The SMILES string of the molecule is CCCc1ccc(S(=O)(=O)N2CCN(c3cnc(C(=O)O)cn3)CC2)cc1. The molecule has 0 atom stereocenters. The highest BCUT2D eigenvalue weighted by atomic mass is 32.2. The number of carboxylic acids is 1. The molecule has 2 heterocycles. The lowest BCUT2D eigenvalue weighted by molar-refractivity contribution is 0.0690. The van der Waals surface area contributed by atoms with Crippen LogP contribution in [0.4, 0.5) is 5.82 Å². The van der Waals surface area contributed by atoms with E-state index in [0.717, 1.165) is 18.4 Å². The molecule has 144 valence electrons. The molecule has 8 nitrogen and oxygen atoms in total. The number of aromatic nitrogens is 2. The van der Waals surface area contributed by atoms with Crippen LogP contribution in [0.25, 0.3) is 0 Å². The van der Waals surface area contributed by atoms with Gasteiger partial charge in [-0.3, -0.25) is 0 Å². The summed E-state index contributed by atoms with van der Waals surface area (Å²) < 4.78 is 27.1. The van der Waals surface area contributed by atoms with E-state index in [1.165, 1.54) is 16.7 Å². The second kappa shape index (κ2) is 8.01. The summed E-state index contributed by atoms with van der Waals surface area (Å²) in [7, 11) is -3.52. The zero-order valence-electron chi connectivity index (χ0n) is 15.1. The van der Waals surface area contributed by atoms with Crippen LogP contribution in [0.15, 0.2) is 41.6 Å². The summed E-state index contributed by atoms with van der Waals surface area (Å²) in [5.74, 6) is -0.587. The minimum absolute atomic E-state index is 0.119. The number of hydrogen-bond donors (Lipinski definition) is 1. The van der Waals surface area contributed by atoms with Gasteiger partial charge in [0, 0.05) is 26.2 Å². The third-order valence-electron chi connectivity index (χ3n) is 4.52. The number of aromatic carboxylic acids is 1. The summed E-state index contributed by atoms with van der Waals surface area (Å²) in [4.78, 5) is 21.0. The zero-order chi connectivity index (χ0) is 19.4. The summed E-state index contributed by atoms with van der Waals surface area (Å²) >= 11 is 0. The maximum Gasteiger partial charge on any atom is 0.356 e. The van der Waals surface area contributed by atoms with Gasteiger partial charge in [-0.2, -0.15) is 4.31 Å². The molecule has 1 saturated heterocycles. The molecule has 0 radical (unpaired) electrons. The largest absolute Gasteiger partial charge is 0.476 e. The van der Waals surface area contributed by atoms with Crippen molar-refractivity contribution in [3.05, 3.63) is 47.9 Å². The standard InChI is InChI=1S/C18H22N4O4S/c1-2-3-14-4-6-15(7-5-14)27(25,26)22-10-8-21(9-11-22)17-13-19-16(12-20-17)18(23)24/h4-7,12-13H,2-3,8-11H2,1H3,(H,23,24). The van der Waals surface area contributed by atoms with Gasteiger partial charge < -0.3 is 10.0 Å². The van der Waals surface area contributed by atoms with Crippen molar-refractivity contribution < 1.29 is 18.3 Å². The van der Waals surface area contributed by atoms with Crippen LogP contribution in [-0.4, -0.2) is 59.9 Å². The van der Waals surface area contributed by atoms with E-state index < -0.39 is 16.0 Å². The molecule has 9 heteroatoms. The van der Waals surface area contributed by atoms with Crippen molar-refractivity contribution in [1.82, 2.24) is 14.3 Å². The molecule has 0 unspecified atom stereocenters. The lowest BCUT2D eigenvalue weighted by Crippen LogP contribution is -2.49. The molecule has 1 aliphatic rings. The van der Waals surface area contributed by atoms with Crippen LogP contribution in [0.2, 0.25) is 0 Å². The molecule has 1 aliphatic heterocycles. The molecule has 27 heavy (non-hydrogen) atoms. The first-order chi connectivity index (χ1) is 12.9. The Morgan fingerprint density at radius 3 is 2.26 bits per heavy atom. The van der Waals surface area contributed by atoms with Crippen molar-refractivity contribution in [3.63, 3.8) is 0 Å². The molecular weight excluding hydrogens is 368 g/mol. The smallest absolute Gasteiger partial charge is 0.356 e. The average Bonchev–Trinajstić information content (AvgIpc) is 2.69. The molecule has 1 N–H and O–H groups in total. The molecule has 0 bridgehead atoms. The van der Waals surface area contributed by atoms with E-state index in [2.05, 4.69) is 16.9 Å². The van der Waals surface area contributed by atoms with E-state index in [1.54, 1.807) is 12.1 Å². The van der Waals surface area contributed by atoms with Gasteiger partial charge in [-0.1, -0.05) is 25.5 Å². The Labute approximate surface area is 158 Å². The van der Waals surface area contributed by atoms with Crippen molar-refractivity contribution in [3.8, 4) is 0 Å². The number of carboxylic acid groups (broad SMARTS) is 1. The molecular formula is C18H22N4O4S. The third kappa shape index (κ3) is 4.25. The molecule has 1 aromatic carbocycles. The molecule has 1 aromatic heterocycles. The lowest BCUT2D eigenvalue weighted by Gasteiger charge is -2.34. The van der Waals surface area contributed by atoms with Gasteiger partial charge in [-0.05, 0) is 24.1 Å². The molecule has 3 rings (SSSR count). The fraction of sp³-hybridized carbons (Fsp3) is 0.389. The van der Waals surface area contributed by atoms with Gasteiger partial charge in [0.05, 0.1) is 17.3 Å². The monoisotopic (exact) mass is 390 g/mol. The first-order valence-electron chi connectivity index (χ1n) is 8.81. The van der Waals surface area contributed by atoms with E-state index in [0.29, 0.717) is 36.9 Å². The van der Waals surface area contributed by atoms with Crippen LogP contribution in [0, 0.1) is 0 Å². The second-order valence-corrected chi connectivity index (χ2v) is 8.29. The van der Waals surface area contributed by atoms with Crippen molar-refractivity contribution in [2.75, 3.05) is 31.1 Å². The van der Waals surface area contributed by atoms with E-state index >= 15 is 0 Å². The van der Waals surface area contributed by atoms with Crippen LogP contribution in [0.3, 0.4) is 0 Å². The fourth-order valence-corrected chi connectivity index (χ4v) is 4.44. The van der Waals surface area contributed by atoms with Crippen molar-refractivity contribution in [2.45, 2.75) is 24.7 Å². The highest BCUT2D eigenvalue weighted by molar-refractivity contribution is 7.89. The minimum Gasteiger partial charge on any atom is -0.476 e. The first kappa shape index (κ1) is 19.2. The highest BCUT2D eigenvalue weighted by Gasteiger charge is 2.29. The maximum atomic E-state index is 12.8. The topological polar surface area (TPSA) is 104 Å². The summed E-state index contributed by atoms with van der Waals surface area (Å²) in [6.07, 6.45) is 4.56. The van der Waals surface area contributed by atoms with Gasteiger partial charge in [-0.15, -0.1) is 0 Å². The van der Waals surface area contributed by atoms with Crippen LogP contribution in [0.1, 0.15) is 29.4 Å². The zero-order valence-corrected chi connectivity index (χ0v) is 15.9. The Morgan fingerprint density at radius 1 is 1.07 bits per heavy atom. The average molecular weight is 390 g/mol. The molecule has 0 spiro atoms. The number of anilines is 1. The predicted molar refractivity (Wildman–Crippen MR) is 100 cm³/mol. The molecule has 1 fully saturated rings. The van der Waals surface area contributed by atoms with Crippen molar-refractivity contribution in [1.29, 1.82) is 0 Å². The van der Waals surface area contributed by atoms with Crippen LogP contribution in [0.5, 0.6) is 0 Å². The Morgan fingerprint density at radius 2 is 1.74 bits per heavy atom. The van der Waals surface area contributed by atoms with E-state index in [1.807, 2.05) is 17.0 Å². The number of piperazine rings is 1. The Bertz CT molecular complexity index is 890. The van der Waals surface area contributed by atoms with Gasteiger partial charge in [0.25, 0.3) is 0 Å². The third-order valence-corrected chi connectivity index (χ3v) is 6.43. The normalized spacial score (nSPS) is 15.7. The second-order valence-electron chi connectivity index (χ2n) is 6.35. The van der Waals surface area contributed by atoms with Crippen molar-refractivity contribution >= 4 is 21.8 Å². The first-order valence-corrected chi connectivity index (χ1v) is 10.2. The van der Waals surface area contributed by atoms with E-state index in [-0.39, 0.29) is 5.69 Å². The van der Waals surface area contributed by atoms with Crippen LogP contribution in [-0.2, 0) is 16.4 Å². The van der Waals surface area contributed by atoms with Gasteiger partial charge >= 0.3 is 5.97 Å². The maximum absolute atomic E-state index is 12.8. The fourth-order valence-electron chi connectivity index (χ4n) is 3.02. The highest BCUT2D eigenvalue weighted by Crippen LogP contribution is 2.20. The molecule has 0 saturated carbocycles. The van der Waals surface area contributed by atoms with Gasteiger partial charge in [0.1, 0.15) is 5.82 Å². The number of benzene rings is 1. The Balaban J connectivity index is 1.66. The lowest BCUT2D eigenvalue weighted by atomic mass is 10.1. The van der Waals surface area contributed by atoms with Crippen LogP contribution >= 0.6 is 0 Å². The number of carbonyl (C=O) groups is 1. The number of sulfonamides is 1. The summed E-state index contributed by atoms with van der Waals surface area (Å²) in [5.41, 5.74) is 1.01. The predicted octanol–water partition coefficient (Wildman–Crippen LogP) is 1.64. The van der Waals surface area contributed by atoms with Gasteiger partial charge in [0.2, 0.25) is 10.0 Å². The minimum atomic E-state index is -3.52. The number of aryl methyl sites for hydroxylation is 1. The van der Waals surface area contributed by atoms with Gasteiger partial charge in [-0.25, -0.2) is 23.2 Å². The Hall–Kier alpha value is -2.52. The number of rotatable bonds is 6. The number of hydrogen-bond acceptors (Lipinski definition) is 6. The van der Waals surface area contributed by atoms with Gasteiger partial charge in [0.15, 0.2) is 5.69 Å². The number of nitrogens with zero attached hydrogens (tertiary/aromatic N) is 4. The summed E-state index contributed by atoms with van der Waals surface area (Å²) in [6, 6.07) is 7.07. The van der Waals surface area contributed by atoms with Crippen molar-refractivity contribution in [2.24, 2.45) is 0 Å². The summed E-state index contributed by atoms with van der Waals surface area (Å²) in [5, 5.41) is 8.88. The molecule has 2 aromatic rings. The Kier molecular flexibility index (Phi) is 5.71. The molecule has 0 aliphatic carbocycles. The molecule has 0 amide bonds. The summed E-state index contributed by atoms with van der Waals surface area (Å²) in [6.45, 7) is 3.69. The van der Waals surface area contributed by atoms with Crippen LogP contribution < -0.4 is 4.90 Å². The van der Waals surface area contributed by atoms with E-state index in [9.17, 15) is 13.2 Å². The quantitative estimate of drug-likeness (QED) is 0.799. The van der Waals surface area contributed by atoms with E-state index in [4.69, 9.17) is 5.11 Å².